The van der Waals surface area contributed by atoms with Gasteiger partial charge in [-0.1, -0.05) is 11.4 Å². The minimum atomic E-state index is -1.48. The van der Waals surface area contributed by atoms with Gasteiger partial charge in [0.25, 0.3) is 0 Å². The smallest absolute Gasteiger partial charge is 0.261 e. The molecule has 0 bridgehead atoms. The molecule has 6 nitrogen and oxygen atoms in total. The summed E-state index contributed by atoms with van der Waals surface area (Å²) in [5, 5.41) is 14.9. The Bertz CT molecular complexity index is 210. The van der Waals surface area contributed by atoms with E-state index in [-0.39, 0.29) is 5.12 Å². The molecular formula is C5H9FN4O2. The maximum atomic E-state index is 12.6. The Morgan fingerprint density at radius 1 is 1.83 bits per heavy atom. The fourth-order valence-electron chi connectivity index (χ4n) is 0.963. The molecule has 0 saturated heterocycles. The normalized spacial score (nSPS) is 22.0. The molecule has 0 aromatic rings. The number of nitro groups is 1. The number of hydrazone groups is 1. The van der Waals surface area contributed by atoms with Gasteiger partial charge in [-0.15, -0.1) is 5.12 Å². The van der Waals surface area contributed by atoms with Gasteiger partial charge < -0.3 is 0 Å². The molecule has 68 valence electrons. The molecule has 0 aromatic heterocycles. The number of hydrogen-bond donors (Lipinski definition) is 0. The van der Waals surface area contributed by atoms with Gasteiger partial charge in [0.15, 0.2) is 6.34 Å². The zero-order valence-corrected chi connectivity index (χ0v) is 6.55. The van der Waals surface area contributed by atoms with E-state index in [0.717, 1.165) is 11.3 Å². The average molecular weight is 176 g/mol. The first-order valence-electron chi connectivity index (χ1n) is 3.55. The van der Waals surface area contributed by atoms with Crippen molar-refractivity contribution in [1.29, 1.82) is 0 Å². The Hall–Kier alpha value is -1.40. The maximum absolute atomic E-state index is 12.6. The molecule has 0 aromatic carbocycles. The van der Waals surface area contributed by atoms with Crippen molar-refractivity contribution in [3.63, 3.8) is 0 Å². The summed E-state index contributed by atoms with van der Waals surface area (Å²) < 4.78 is 12.6. The fraction of sp³-hybridized carbons (Fsp3) is 0.800. The predicted octanol–water partition coefficient (Wildman–Crippen LogP) is 0.402. The molecule has 1 rings (SSSR count). The monoisotopic (exact) mass is 176 g/mol. The highest BCUT2D eigenvalue weighted by molar-refractivity contribution is 5.54. The second-order valence-electron chi connectivity index (χ2n) is 2.37. The third-order valence-electron chi connectivity index (χ3n) is 1.44. The Labute approximate surface area is 68.3 Å². The lowest BCUT2D eigenvalue weighted by Gasteiger charge is -2.16. The van der Waals surface area contributed by atoms with Crippen LogP contribution in [-0.2, 0) is 0 Å². The van der Waals surface area contributed by atoms with Gasteiger partial charge in [0.1, 0.15) is 0 Å². The number of nitrogens with zero attached hydrogens (tertiary/aromatic N) is 4. The minimum Gasteiger partial charge on any atom is -0.261 e. The molecule has 1 heterocycles. The van der Waals surface area contributed by atoms with Crippen LogP contribution >= 0.6 is 0 Å². The van der Waals surface area contributed by atoms with Gasteiger partial charge in [0, 0.05) is 6.54 Å². The van der Waals surface area contributed by atoms with E-state index < -0.39 is 11.2 Å². The topological polar surface area (TPSA) is 62.0 Å². The van der Waals surface area contributed by atoms with E-state index in [1.54, 1.807) is 0 Å². The van der Waals surface area contributed by atoms with Crippen molar-refractivity contribution in [1.82, 2.24) is 10.1 Å². The van der Waals surface area contributed by atoms with Gasteiger partial charge in [-0.05, 0) is 6.42 Å². The van der Waals surface area contributed by atoms with Crippen molar-refractivity contribution < 1.29 is 9.40 Å². The fourth-order valence-corrected chi connectivity index (χ4v) is 0.963. The molecule has 1 aliphatic heterocycles. The van der Waals surface area contributed by atoms with Crippen LogP contribution in [0.15, 0.2) is 5.10 Å². The van der Waals surface area contributed by atoms with Crippen LogP contribution in [-0.4, -0.2) is 34.2 Å². The molecule has 1 atom stereocenters. The Morgan fingerprint density at radius 2 is 2.50 bits per heavy atom. The molecule has 12 heavy (non-hydrogen) atoms. The summed E-state index contributed by atoms with van der Waals surface area (Å²) in [4.78, 5) is 9.58. The SMILES string of the molecule is CCCN1N=CN(F)C1[N+](=O)[O-]. The van der Waals surface area contributed by atoms with E-state index in [1.807, 2.05) is 6.92 Å². The van der Waals surface area contributed by atoms with E-state index in [2.05, 4.69) is 5.10 Å². The molecule has 0 N–H and O–H groups in total. The van der Waals surface area contributed by atoms with Crippen molar-refractivity contribution >= 4 is 6.34 Å². The van der Waals surface area contributed by atoms with Gasteiger partial charge in [-0.2, -0.15) is 5.10 Å². The first-order valence-corrected chi connectivity index (χ1v) is 3.55. The summed E-state index contributed by atoms with van der Waals surface area (Å²) >= 11 is 0. The lowest BCUT2D eigenvalue weighted by molar-refractivity contribution is -0.581. The van der Waals surface area contributed by atoms with Gasteiger partial charge in [0.2, 0.25) is 0 Å². The van der Waals surface area contributed by atoms with E-state index in [0.29, 0.717) is 13.0 Å². The van der Waals surface area contributed by atoms with Crippen LogP contribution in [0.3, 0.4) is 0 Å². The van der Waals surface area contributed by atoms with Crippen molar-refractivity contribution in [2.75, 3.05) is 6.54 Å². The summed E-state index contributed by atoms with van der Waals surface area (Å²) in [6, 6.07) is 0. The first-order chi connectivity index (χ1) is 5.66. The van der Waals surface area contributed by atoms with E-state index in [4.69, 9.17) is 0 Å². The standard InChI is InChI=1S/C5H9FN4O2/c1-2-3-9-5(10(11)12)8(6)4-7-9/h4-5H,2-3H2,1H3. The van der Waals surface area contributed by atoms with E-state index in [9.17, 15) is 14.6 Å². The molecule has 1 unspecified atom stereocenters. The second-order valence-corrected chi connectivity index (χ2v) is 2.37. The third kappa shape index (κ3) is 1.44. The lowest BCUT2D eigenvalue weighted by atomic mass is 10.5. The third-order valence-corrected chi connectivity index (χ3v) is 1.44. The van der Waals surface area contributed by atoms with Crippen LogP contribution in [0.4, 0.5) is 4.48 Å². The first kappa shape index (κ1) is 8.69. The zero-order chi connectivity index (χ0) is 9.14. The minimum absolute atomic E-state index is 0.0182. The summed E-state index contributed by atoms with van der Waals surface area (Å²) in [5.74, 6) is 0. The Kier molecular flexibility index (Phi) is 2.41. The van der Waals surface area contributed by atoms with Gasteiger partial charge >= 0.3 is 6.29 Å². The van der Waals surface area contributed by atoms with Crippen molar-refractivity contribution in [2.45, 2.75) is 19.6 Å². The summed E-state index contributed by atoms with van der Waals surface area (Å²) in [7, 11) is 0. The molecule has 0 amide bonds. The predicted molar refractivity (Wildman–Crippen MR) is 39.2 cm³/mol. The zero-order valence-electron chi connectivity index (χ0n) is 6.55. The van der Waals surface area contributed by atoms with Gasteiger partial charge in [-0.3, -0.25) is 10.1 Å². The molecule has 0 spiro atoms. The van der Waals surface area contributed by atoms with Crippen LogP contribution in [0.1, 0.15) is 13.3 Å². The quantitative estimate of drug-likeness (QED) is 0.355. The Morgan fingerprint density at radius 3 is 3.00 bits per heavy atom. The summed E-state index contributed by atoms with van der Waals surface area (Å²) in [6.07, 6.45) is 0.0171. The lowest BCUT2D eigenvalue weighted by Crippen LogP contribution is -2.42. The van der Waals surface area contributed by atoms with Crippen LogP contribution in [0, 0.1) is 10.1 Å². The highest BCUT2D eigenvalue weighted by Crippen LogP contribution is 2.13. The van der Waals surface area contributed by atoms with Crippen molar-refractivity contribution in [3.8, 4) is 0 Å². The highest BCUT2D eigenvalue weighted by Gasteiger charge is 2.37. The largest absolute Gasteiger partial charge is 0.409 e. The maximum Gasteiger partial charge on any atom is 0.409 e. The van der Waals surface area contributed by atoms with Crippen molar-refractivity contribution in [2.24, 2.45) is 5.10 Å². The van der Waals surface area contributed by atoms with Crippen LogP contribution in [0.5, 0.6) is 0 Å². The number of rotatable bonds is 3. The Balaban J connectivity index is 2.63. The molecule has 0 saturated carbocycles. The van der Waals surface area contributed by atoms with E-state index >= 15 is 0 Å². The highest BCUT2D eigenvalue weighted by atomic mass is 19.2. The molecule has 0 aliphatic carbocycles. The summed E-state index contributed by atoms with van der Waals surface area (Å²) in [6.45, 7) is 2.22. The number of hydrogen-bond acceptors (Lipinski definition) is 5. The van der Waals surface area contributed by atoms with E-state index in [1.165, 1.54) is 0 Å². The number of halogens is 1. The summed E-state index contributed by atoms with van der Waals surface area (Å²) in [5.41, 5.74) is 0. The van der Waals surface area contributed by atoms with Crippen LogP contribution in [0.25, 0.3) is 0 Å². The van der Waals surface area contributed by atoms with Gasteiger partial charge in [-0.25, -0.2) is 5.01 Å². The second kappa shape index (κ2) is 3.33. The van der Waals surface area contributed by atoms with Gasteiger partial charge in [0.05, 0.1) is 4.92 Å². The van der Waals surface area contributed by atoms with Crippen LogP contribution in [0.2, 0.25) is 0 Å². The molecule has 7 heteroatoms. The molecule has 0 fully saturated rings. The molecule has 1 aliphatic rings. The van der Waals surface area contributed by atoms with Crippen molar-refractivity contribution in [3.05, 3.63) is 10.1 Å². The average Bonchev–Trinajstić information content (AvgIpc) is 2.32. The van der Waals surface area contributed by atoms with Crippen LogP contribution < -0.4 is 0 Å². The molecular weight excluding hydrogens is 167 g/mol. The molecule has 0 radical (unpaired) electrons.